The van der Waals surface area contributed by atoms with E-state index in [4.69, 9.17) is 9.72 Å². The van der Waals surface area contributed by atoms with Crippen molar-refractivity contribution in [3.05, 3.63) is 43.0 Å². The fourth-order valence-electron chi connectivity index (χ4n) is 4.65. The topological polar surface area (TPSA) is 112 Å². The summed E-state index contributed by atoms with van der Waals surface area (Å²) in [7, 11) is 4.04. The number of rotatable bonds is 7. The molecule has 0 aromatic carbocycles. The zero-order valence-corrected chi connectivity index (χ0v) is 20.5. The second-order valence-electron chi connectivity index (χ2n) is 9.41. The van der Waals surface area contributed by atoms with Crippen LogP contribution in [0.25, 0.3) is 44.8 Å². The molecule has 0 atom stereocenters. The standard InChI is InChI=1S/C26H29N9O/c1-34(2)10-11-36-18-12-17(14-27-15-18)20-13-19-21(16-29-20)32-33-23(19)26-30-24-22(6-7-28-25(24)31-26)35-8-4-3-5-9-35/h6-7,12-16H,3-5,8-11H2,1-2H3,(H,32,33)(H,28,30,31). The van der Waals surface area contributed by atoms with Gasteiger partial charge >= 0.3 is 0 Å². The molecule has 0 spiro atoms. The molecule has 36 heavy (non-hydrogen) atoms. The summed E-state index contributed by atoms with van der Waals surface area (Å²) in [5.41, 5.74) is 6.05. The monoisotopic (exact) mass is 483 g/mol. The Hall–Kier alpha value is -4.05. The average Bonchev–Trinajstić information content (AvgIpc) is 3.53. The van der Waals surface area contributed by atoms with Crippen molar-refractivity contribution in [1.82, 2.24) is 40.0 Å². The van der Waals surface area contributed by atoms with E-state index in [-0.39, 0.29) is 0 Å². The highest BCUT2D eigenvalue weighted by molar-refractivity contribution is 5.95. The van der Waals surface area contributed by atoms with Crippen LogP contribution in [-0.4, -0.2) is 80.4 Å². The Morgan fingerprint density at radius 1 is 1.06 bits per heavy atom. The number of hydrogen-bond acceptors (Lipinski definition) is 8. The molecular formula is C26H29N9O. The lowest BCUT2D eigenvalue weighted by Crippen LogP contribution is -2.29. The van der Waals surface area contributed by atoms with Gasteiger partial charge in [-0.3, -0.25) is 15.1 Å². The van der Waals surface area contributed by atoms with E-state index in [1.54, 1.807) is 18.6 Å². The van der Waals surface area contributed by atoms with Gasteiger partial charge < -0.3 is 19.5 Å². The van der Waals surface area contributed by atoms with E-state index >= 15 is 0 Å². The first-order chi connectivity index (χ1) is 17.7. The zero-order chi connectivity index (χ0) is 24.5. The molecule has 5 aromatic heterocycles. The molecule has 0 unspecified atom stereocenters. The Morgan fingerprint density at radius 2 is 1.94 bits per heavy atom. The normalized spacial score (nSPS) is 14.2. The molecule has 0 radical (unpaired) electrons. The summed E-state index contributed by atoms with van der Waals surface area (Å²) < 4.78 is 5.86. The van der Waals surface area contributed by atoms with Crippen LogP contribution in [0.2, 0.25) is 0 Å². The molecule has 1 fully saturated rings. The minimum atomic E-state index is 0.593. The quantitative estimate of drug-likeness (QED) is 0.359. The number of nitrogens with zero attached hydrogens (tertiary/aromatic N) is 7. The maximum absolute atomic E-state index is 5.86. The SMILES string of the molecule is CN(C)CCOc1cncc(-c2cc3c(-c4nc5nccc(N6CCCCC6)c5[nH]4)n[nH]c3cn2)c1. The van der Waals surface area contributed by atoms with Crippen molar-refractivity contribution in [2.24, 2.45) is 0 Å². The first kappa shape index (κ1) is 22.4. The van der Waals surface area contributed by atoms with Crippen LogP contribution >= 0.6 is 0 Å². The van der Waals surface area contributed by atoms with Crippen LogP contribution in [-0.2, 0) is 0 Å². The van der Waals surface area contributed by atoms with Crippen molar-refractivity contribution >= 4 is 27.8 Å². The van der Waals surface area contributed by atoms with Crippen molar-refractivity contribution in [1.29, 1.82) is 0 Å². The molecule has 1 aliphatic heterocycles. The maximum atomic E-state index is 5.86. The van der Waals surface area contributed by atoms with Gasteiger partial charge in [0.25, 0.3) is 0 Å². The first-order valence-electron chi connectivity index (χ1n) is 12.3. The highest BCUT2D eigenvalue weighted by Crippen LogP contribution is 2.32. The van der Waals surface area contributed by atoms with Crippen molar-refractivity contribution in [3.63, 3.8) is 0 Å². The summed E-state index contributed by atoms with van der Waals surface area (Å²) >= 11 is 0. The van der Waals surface area contributed by atoms with Gasteiger partial charge in [-0.05, 0) is 51.6 Å². The lowest BCUT2D eigenvalue weighted by molar-refractivity contribution is 0.261. The second-order valence-corrected chi connectivity index (χ2v) is 9.41. The van der Waals surface area contributed by atoms with Crippen LogP contribution in [0.1, 0.15) is 19.3 Å². The Bertz CT molecular complexity index is 1500. The number of H-pyrrole nitrogens is 2. The van der Waals surface area contributed by atoms with Crippen LogP contribution in [0.3, 0.4) is 0 Å². The first-order valence-corrected chi connectivity index (χ1v) is 12.3. The third-order valence-electron chi connectivity index (χ3n) is 6.55. The lowest BCUT2D eigenvalue weighted by atomic mass is 10.1. The van der Waals surface area contributed by atoms with Gasteiger partial charge in [0.2, 0.25) is 0 Å². The summed E-state index contributed by atoms with van der Waals surface area (Å²) in [5.74, 6) is 1.40. The predicted octanol–water partition coefficient (Wildman–Crippen LogP) is 3.89. The van der Waals surface area contributed by atoms with Crippen molar-refractivity contribution in [2.75, 3.05) is 45.2 Å². The Kier molecular flexibility index (Phi) is 5.94. The van der Waals surface area contributed by atoms with Crippen molar-refractivity contribution in [3.8, 4) is 28.5 Å². The highest BCUT2D eigenvalue weighted by Gasteiger charge is 2.19. The van der Waals surface area contributed by atoms with Gasteiger partial charge in [-0.25, -0.2) is 9.97 Å². The third kappa shape index (κ3) is 4.35. The van der Waals surface area contributed by atoms with Crippen molar-refractivity contribution < 1.29 is 4.74 Å². The van der Waals surface area contributed by atoms with Crippen molar-refractivity contribution in [2.45, 2.75) is 19.3 Å². The number of fused-ring (bicyclic) bond motifs is 2. The van der Waals surface area contributed by atoms with Gasteiger partial charge in [-0.15, -0.1) is 0 Å². The van der Waals surface area contributed by atoms with Gasteiger partial charge in [0.1, 0.15) is 23.6 Å². The molecule has 10 heteroatoms. The highest BCUT2D eigenvalue weighted by atomic mass is 16.5. The molecule has 10 nitrogen and oxygen atoms in total. The summed E-state index contributed by atoms with van der Waals surface area (Å²) in [5, 5.41) is 8.58. The van der Waals surface area contributed by atoms with Gasteiger partial charge in [0.15, 0.2) is 11.5 Å². The fraction of sp³-hybridized carbons (Fsp3) is 0.346. The molecule has 0 amide bonds. The van der Waals surface area contributed by atoms with E-state index in [9.17, 15) is 0 Å². The summed E-state index contributed by atoms with van der Waals surface area (Å²) in [6, 6.07) is 6.05. The predicted molar refractivity (Wildman–Crippen MR) is 140 cm³/mol. The minimum Gasteiger partial charge on any atom is -0.491 e. The summed E-state index contributed by atoms with van der Waals surface area (Å²) in [6.07, 6.45) is 10.9. The molecule has 6 rings (SSSR count). The number of nitrogens with one attached hydrogen (secondary N) is 2. The van der Waals surface area contributed by atoms with E-state index in [0.717, 1.165) is 64.4 Å². The van der Waals surface area contributed by atoms with Gasteiger partial charge in [0, 0.05) is 43.0 Å². The number of hydrogen-bond donors (Lipinski definition) is 2. The van der Waals surface area contributed by atoms with Gasteiger partial charge in [-0.1, -0.05) is 0 Å². The number of anilines is 1. The fourth-order valence-corrected chi connectivity index (χ4v) is 4.65. The number of aromatic amines is 2. The molecule has 5 aromatic rings. The number of likely N-dealkylation sites (N-methyl/N-ethyl adjacent to an activating group) is 1. The van der Waals surface area contributed by atoms with E-state index in [1.807, 2.05) is 32.4 Å². The smallest absolute Gasteiger partial charge is 0.180 e. The molecule has 1 saturated heterocycles. The minimum absolute atomic E-state index is 0.593. The van der Waals surface area contributed by atoms with Crippen LogP contribution < -0.4 is 9.64 Å². The molecular weight excluding hydrogens is 454 g/mol. The molecule has 1 aliphatic rings. The Balaban J connectivity index is 1.34. The number of ether oxygens (including phenoxy) is 1. The molecule has 0 bridgehead atoms. The summed E-state index contributed by atoms with van der Waals surface area (Å²) in [6.45, 7) is 3.54. The molecule has 2 N–H and O–H groups in total. The largest absolute Gasteiger partial charge is 0.491 e. The molecule has 0 saturated carbocycles. The maximum Gasteiger partial charge on any atom is 0.180 e. The van der Waals surface area contributed by atoms with E-state index < -0.39 is 0 Å². The van der Waals surface area contributed by atoms with Crippen LogP contribution in [0, 0.1) is 0 Å². The van der Waals surface area contributed by atoms with Gasteiger partial charge in [-0.2, -0.15) is 5.10 Å². The lowest BCUT2D eigenvalue weighted by Gasteiger charge is -2.28. The van der Waals surface area contributed by atoms with Crippen LogP contribution in [0.4, 0.5) is 5.69 Å². The number of pyridine rings is 3. The van der Waals surface area contributed by atoms with E-state index in [2.05, 4.69) is 46.0 Å². The van der Waals surface area contributed by atoms with Crippen LogP contribution in [0.5, 0.6) is 5.75 Å². The average molecular weight is 484 g/mol. The Morgan fingerprint density at radius 3 is 2.81 bits per heavy atom. The molecule has 6 heterocycles. The zero-order valence-electron chi connectivity index (χ0n) is 20.5. The van der Waals surface area contributed by atoms with Gasteiger partial charge in [0.05, 0.1) is 29.3 Å². The van der Waals surface area contributed by atoms with Crippen LogP contribution in [0.15, 0.2) is 43.0 Å². The molecule has 184 valence electrons. The third-order valence-corrected chi connectivity index (χ3v) is 6.55. The Labute approximate surface area is 208 Å². The number of imidazole rings is 1. The van der Waals surface area contributed by atoms with E-state index in [0.29, 0.717) is 18.1 Å². The molecule has 0 aliphatic carbocycles. The van der Waals surface area contributed by atoms with E-state index in [1.165, 1.54) is 19.3 Å². The second kappa shape index (κ2) is 9.54. The number of aromatic nitrogens is 7. The number of piperidine rings is 1. The summed E-state index contributed by atoms with van der Waals surface area (Å²) in [4.78, 5) is 26.3.